The lowest BCUT2D eigenvalue weighted by molar-refractivity contribution is -0.129. The van der Waals surface area contributed by atoms with Gasteiger partial charge in [-0.2, -0.15) is 0 Å². The van der Waals surface area contributed by atoms with E-state index in [1.165, 1.54) is 6.20 Å². The van der Waals surface area contributed by atoms with E-state index in [2.05, 4.69) is 10.3 Å². The highest BCUT2D eigenvalue weighted by Crippen LogP contribution is 2.41. The summed E-state index contributed by atoms with van der Waals surface area (Å²) < 4.78 is 5.72. The van der Waals surface area contributed by atoms with Crippen LogP contribution in [0.5, 0.6) is 5.75 Å². The number of aromatic nitrogens is 1. The zero-order valence-corrected chi connectivity index (χ0v) is 20.3. The quantitative estimate of drug-likeness (QED) is 0.404. The molecule has 0 aliphatic heterocycles. The molecule has 1 radical (unpaired) electrons. The molecule has 1 aliphatic rings. The summed E-state index contributed by atoms with van der Waals surface area (Å²) in [6.07, 6.45) is 4.81. The molecule has 1 amide bonds. The van der Waals surface area contributed by atoms with Crippen LogP contribution in [-0.4, -0.2) is 16.9 Å². The molecular formula is C28H29N2O4. The second-order valence-electron chi connectivity index (χ2n) is 10.6. The number of esters is 1. The fourth-order valence-corrected chi connectivity index (χ4v) is 3.84. The Morgan fingerprint density at radius 2 is 1.59 bits per heavy atom. The van der Waals surface area contributed by atoms with Gasteiger partial charge in [0.15, 0.2) is 0 Å². The zero-order valence-electron chi connectivity index (χ0n) is 20.3. The number of nitrogens with one attached hydrogen (secondary N) is 2. The molecule has 6 heteroatoms. The fourth-order valence-electron chi connectivity index (χ4n) is 3.84. The van der Waals surface area contributed by atoms with Crippen LogP contribution in [0.4, 0.5) is 5.69 Å². The number of allylic oxidation sites excluding steroid dienone is 1. The molecule has 3 aromatic rings. The largest absolute Gasteiger partial charge is 0.423 e. The lowest BCUT2D eigenvalue weighted by Gasteiger charge is -2.29. The number of anilines is 1. The minimum atomic E-state index is -0.531. The Hall–Kier alpha value is -3.67. The highest BCUT2D eigenvalue weighted by molar-refractivity contribution is 6.06. The SMILES string of the molecule is CC(C)(C)c1cc(C(C)(C)C)c(OC(=O)C2=C[CH]2)cc1NC(=O)c1c[nH]c2ccccc2c1=O. The van der Waals surface area contributed by atoms with Crippen molar-refractivity contribution in [2.24, 2.45) is 0 Å². The average Bonchev–Trinajstić information content (AvgIpc) is 3.58. The molecule has 0 saturated carbocycles. The van der Waals surface area contributed by atoms with Gasteiger partial charge in [0.2, 0.25) is 5.43 Å². The molecule has 0 atom stereocenters. The average molecular weight is 458 g/mol. The molecule has 0 saturated heterocycles. The van der Waals surface area contributed by atoms with Crippen molar-refractivity contribution < 1.29 is 14.3 Å². The summed E-state index contributed by atoms with van der Waals surface area (Å²) >= 11 is 0. The molecule has 0 unspecified atom stereocenters. The van der Waals surface area contributed by atoms with Crippen LogP contribution < -0.4 is 15.5 Å². The van der Waals surface area contributed by atoms with Gasteiger partial charge in [0.1, 0.15) is 11.3 Å². The molecule has 0 spiro atoms. The van der Waals surface area contributed by atoms with Crippen molar-refractivity contribution in [3.63, 3.8) is 0 Å². The number of H-pyrrole nitrogens is 1. The van der Waals surface area contributed by atoms with Crippen LogP contribution in [0.1, 0.15) is 63.0 Å². The van der Waals surface area contributed by atoms with Gasteiger partial charge in [-0.05, 0) is 34.6 Å². The van der Waals surface area contributed by atoms with E-state index in [-0.39, 0.29) is 21.8 Å². The third kappa shape index (κ3) is 4.67. The second-order valence-corrected chi connectivity index (χ2v) is 10.6. The van der Waals surface area contributed by atoms with Gasteiger partial charge in [0.05, 0.1) is 0 Å². The molecule has 34 heavy (non-hydrogen) atoms. The van der Waals surface area contributed by atoms with Crippen molar-refractivity contribution in [2.45, 2.75) is 52.4 Å². The van der Waals surface area contributed by atoms with Crippen molar-refractivity contribution in [3.05, 3.63) is 87.6 Å². The van der Waals surface area contributed by atoms with Gasteiger partial charge in [0, 0.05) is 46.4 Å². The van der Waals surface area contributed by atoms with E-state index in [4.69, 9.17) is 4.74 Å². The first-order valence-corrected chi connectivity index (χ1v) is 11.2. The Morgan fingerprint density at radius 3 is 2.21 bits per heavy atom. The molecule has 0 fully saturated rings. The lowest BCUT2D eigenvalue weighted by Crippen LogP contribution is -2.25. The summed E-state index contributed by atoms with van der Waals surface area (Å²) in [4.78, 5) is 41.6. The zero-order chi connectivity index (χ0) is 24.8. The number of ether oxygens (including phenoxy) is 1. The molecule has 1 aromatic heterocycles. The number of carbonyl (C=O) groups excluding carboxylic acids is 2. The summed E-state index contributed by atoms with van der Waals surface area (Å²) in [5, 5.41) is 3.35. The van der Waals surface area contributed by atoms with E-state index >= 15 is 0 Å². The normalized spacial score (nSPS) is 13.4. The molecule has 6 nitrogen and oxygen atoms in total. The highest BCUT2D eigenvalue weighted by Gasteiger charge is 2.29. The minimum absolute atomic E-state index is 0.00902. The van der Waals surface area contributed by atoms with Crippen molar-refractivity contribution in [3.8, 4) is 5.75 Å². The maximum Gasteiger partial charge on any atom is 0.339 e. The molecule has 0 bridgehead atoms. The minimum Gasteiger partial charge on any atom is -0.423 e. The third-order valence-electron chi connectivity index (χ3n) is 5.79. The van der Waals surface area contributed by atoms with E-state index in [1.807, 2.05) is 53.7 Å². The van der Waals surface area contributed by atoms with Crippen molar-refractivity contribution in [2.75, 3.05) is 5.32 Å². The Bertz CT molecular complexity index is 1400. The van der Waals surface area contributed by atoms with Gasteiger partial charge in [-0.25, -0.2) is 4.79 Å². The van der Waals surface area contributed by atoms with Crippen LogP contribution in [0.25, 0.3) is 10.9 Å². The van der Waals surface area contributed by atoms with Gasteiger partial charge >= 0.3 is 5.97 Å². The lowest BCUT2D eigenvalue weighted by atomic mass is 9.79. The predicted molar refractivity (Wildman–Crippen MR) is 134 cm³/mol. The Labute approximate surface area is 199 Å². The second kappa shape index (κ2) is 8.28. The fraction of sp³-hybridized carbons (Fsp3) is 0.286. The van der Waals surface area contributed by atoms with Crippen LogP contribution >= 0.6 is 0 Å². The van der Waals surface area contributed by atoms with Crippen molar-refractivity contribution in [1.82, 2.24) is 4.98 Å². The first-order chi connectivity index (χ1) is 15.9. The van der Waals surface area contributed by atoms with Gasteiger partial charge in [0.25, 0.3) is 5.91 Å². The number of para-hydroxylation sites is 1. The van der Waals surface area contributed by atoms with E-state index in [0.29, 0.717) is 27.9 Å². The number of carbonyl (C=O) groups is 2. The number of hydrogen-bond acceptors (Lipinski definition) is 4. The number of benzene rings is 2. The van der Waals surface area contributed by atoms with Gasteiger partial charge in [-0.15, -0.1) is 0 Å². The molecule has 1 aliphatic carbocycles. The van der Waals surface area contributed by atoms with Crippen LogP contribution in [-0.2, 0) is 15.6 Å². The predicted octanol–water partition coefficient (Wildman–Crippen LogP) is 5.43. The van der Waals surface area contributed by atoms with E-state index in [0.717, 1.165) is 11.1 Å². The summed E-state index contributed by atoms with van der Waals surface area (Å²) in [6.45, 7) is 12.3. The summed E-state index contributed by atoms with van der Waals surface area (Å²) in [5.41, 5.74) is 2.43. The van der Waals surface area contributed by atoms with Gasteiger partial charge in [-0.1, -0.05) is 59.8 Å². The van der Waals surface area contributed by atoms with Crippen LogP contribution in [0.2, 0.25) is 0 Å². The molecule has 2 N–H and O–H groups in total. The topological polar surface area (TPSA) is 88.3 Å². The smallest absolute Gasteiger partial charge is 0.339 e. The first-order valence-electron chi connectivity index (χ1n) is 11.2. The molecular weight excluding hydrogens is 428 g/mol. The maximum absolute atomic E-state index is 13.2. The molecule has 1 heterocycles. The van der Waals surface area contributed by atoms with Gasteiger partial charge in [-0.3, -0.25) is 9.59 Å². The Morgan fingerprint density at radius 1 is 0.941 bits per heavy atom. The number of pyridine rings is 1. The number of amides is 1. The van der Waals surface area contributed by atoms with Crippen LogP contribution in [0.3, 0.4) is 0 Å². The summed E-state index contributed by atoms with van der Waals surface area (Å²) in [5.74, 6) is -0.580. The molecule has 175 valence electrons. The number of fused-ring (bicyclic) bond motifs is 1. The van der Waals surface area contributed by atoms with E-state index in [1.54, 1.807) is 36.8 Å². The van der Waals surface area contributed by atoms with Crippen molar-refractivity contribution in [1.29, 1.82) is 0 Å². The van der Waals surface area contributed by atoms with Gasteiger partial charge < -0.3 is 15.0 Å². The number of aromatic amines is 1. The molecule has 4 rings (SSSR count). The van der Waals surface area contributed by atoms with E-state index in [9.17, 15) is 14.4 Å². The maximum atomic E-state index is 13.2. The highest BCUT2D eigenvalue weighted by atomic mass is 16.5. The Kier molecular flexibility index (Phi) is 5.72. The number of rotatable bonds is 4. The van der Waals surface area contributed by atoms with Crippen molar-refractivity contribution >= 4 is 28.5 Å². The van der Waals surface area contributed by atoms with E-state index < -0.39 is 11.9 Å². The number of hydrogen-bond donors (Lipinski definition) is 2. The summed E-state index contributed by atoms with van der Waals surface area (Å²) in [7, 11) is 0. The van der Waals surface area contributed by atoms with Crippen LogP contribution in [0, 0.1) is 6.42 Å². The standard InChI is InChI=1S/C28H29N2O4/c1-27(2,3)19-13-20(28(4,5)6)23(34-26(33)16-11-12-16)14-22(19)30-25(32)18-15-29-21-10-8-7-9-17(21)24(18)31/h7-15H,1-6H3,(H,29,31)(H,30,32). The third-order valence-corrected chi connectivity index (χ3v) is 5.79. The summed E-state index contributed by atoms with van der Waals surface area (Å²) in [6, 6.07) is 10.7. The molecule has 2 aromatic carbocycles. The first kappa shape index (κ1) is 23.5. The monoisotopic (exact) mass is 457 g/mol. The Balaban J connectivity index is 1.80. The van der Waals surface area contributed by atoms with Crippen LogP contribution in [0.15, 0.2) is 59.0 Å².